The fraction of sp³-hybridized carbons (Fsp3) is 0.375. The van der Waals surface area contributed by atoms with Crippen molar-refractivity contribution in [3.8, 4) is 0 Å². The van der Waals surface area contributed by atoms with Crippen molar-refractivity contribution in [1.29, 1.82) is 0 Å². The van der Waals surface area contributed by atoms with Gasteiger partial charge in [-0.05, 0) is 43.9 Å². The predicted octanol–water partition coefficient (Wildman–Crippen LogP) is 4.22. The number of carbonyl (C=O) groups is 2. The molecular weight excluding hydrogens is 325 g/mol. The second kappa shape index (κ2) is 7.65. The second-order valence-corrected chi connectivity index (χ2v) is 6.06. The van der Waals surface area contributed by atoms with Gasteiger partial charge in [0.1, 0.15) is 0 Å². The lowest BCUT2D eigenvalue weighted by atomic mass is 10.1. The van der Waals surface area contributed by atoms with Crippen LogP contribution in [-0.2, 0) is 14.3 Å². The summed E-state index contributed by atoms with van der Waals surface area (Å²) in [5, 5.41) is 3.42. The quantitative estimate of drug-likeness (QED) is 0.644. The van der Waals surface area contributed by atoms with E-state index in [0.717, 1.165) is 12.8 Å². The minimum absolute atomic E-state index is 0.216. The van der Waals surface area contributed by atoms with Gasteiger partial charge >= 0.3 is 5.97 Å². The van der Waals surface area contributed by atoms with Gasteiger partial charge in [-0.1, -0.05) is 35.4 Å². The molecule has 0 aliphatic heterocycles. The van der Waals surface area contributed by atoms with Gasteiger partial charge in [0.25, 0.3) is 5.91 Å². The van der Waals surface area contributed by atoms with Crippen LogP contribution in [0.15, 0.2) is 30.4 Å². The van der Waals surface area contributed by atoms with E-state index < -0.39 is 12.0 Å². The summed E-state index contributed by atoms with van der Waals surface area (Å²) in [6.45, 7) is 1.53. The first-order chi connectivity index (χ1) is 10.5. The highest BCUT2D eigenvalue weighted by Gasteiger charge is 2.21. The van der Waals surface area contributed by atoms with Crippen molar-refractivity contribution in [3.05, 3.63) is 40.4 Å². The van der Waals surface area contributed by atoms with Crippen LogP contribution < -0.4 is 5.32 Å². The molecule has 1 aromatic carbocycles. The monoisotopic (exact) mass is 341 g/mol. The topological polar surface area (TPSA) is 55.4 Å². The molecule has 0 fully saturated rings. The summed E-state index contributed by atoms with van der Waals surface area (Å²) in [6, 6.07) is 4.74. The second-order valence-electron chi connectivity index (χ2n) is 5.22. The lowest BCUT2D eigenvalue weighted by Crippen LogP contribution is -2.30. The van der Waals surface area contributed by atoms with Crippen molar-refractivity contribution >= 4 is 40.8 Å². The van der Waals surface area contributed by atoms with Crippen LogP contribution in [0.25, 0.3) is 0 Å². The Balaban J connectivity index is 1.85. The average molecular weight is 342 g/mol. The van der Waals surface area contributed by atoms with Crippen molar-refractivity contribution in [1.82, 2.24) is 0 Å². The summed E-state index contributed by atoms with van der Waals surface area (Å²) >= 11 is 11.8. The van der Waals surface area contributed by atoms with Gasteiger partial charge in [-0.3, -0.25) is 9.59 Å². The SMILES string of the molecule is C[C@@H](OC(=O)C[C@@H]1C=CCC1)C(=O)Nc1ccc(Cl)cc1Cl. The molecule has 1 amide bonds. The van der Waals surface area contributed by atoms with E-state index in [2.05, 4.69) is 11.4 Å². The van der Waals surface area contributed by atoms with E-state index in [1.807, 2.05) is 6.08 Å². The minimum atomic E-state index is -0.885. The van der Waals surface area contributed by atoms with Crippen LogP contribution in [0, 0.1) is 5.92 Å². The molecule has 0 unspecified atom stereocenters. The molecule has 1 aliphatic carbocycles. The Labute approximate surface area is 139 Å². The number of hydrogen-bond donors (Lipinski definition) is 1. The summed E-state index contributed by atoms with van der Waals surface area (Å²) in [5.74, 6) is -0.589. The van der Waals surface area contributed by atoms with Crippen LogP contribution in [-0.4, -0.2) is 18.0 Å². The fourth-order valence-corrected chi connectivity index (χ4v) is 2.66. The van der Waals surface area contributed by atoms with Gasteiger partial charge in [-0.2, -0.15) is 0 Å². The zero-order chi connectivity index (χ0) is 16.1. The number of allylic oxidation sites excluding steroid dienone is 2. The van der Waals surface area contributed by atoms with Gasteiger partial charge in [0.15, 0.2) is 6.10 Å². The Morgan fingerprint density at radius 2 is 2.18 bits per heavy atom. The number of rotatable bonds is 5. The minimum Gasteiger partial charge on any atom is -0.453 e. The van der Waals surface area contributed by atoms with Crippen LogP contribution in [0.5, 0.6) is 0 Å². The van der Waals surface area contributed by atoms with E-state index in [-0.39, 0.29) is 11.9 Å². The number of amides is 1. The average Bonchev–Trinajstić information content (AvgIpc) is 2.94. The van der Waals surface area contributed by atoms with E-state index in [9.17, 15) is 9.59 Å². The molecule has 0 spiro atoms. The zero-order valence-corrected chi connectivity index (χ0v) is 13.7. The molecule has 0 bridgehead atoms. The molecule has 1 aliphatic rings. The lowest BCUT2D eigenvalue weighted by Gasteiger charge is -2.15. The van der Waals surface area contributed by atoms with E-state index in [1.165, 1.54) is 13.0 Å². The molecule has 4 nitrogen and oxygen atoms in total. The highest BCUT2D eigenvalue weighted by atomic mass is 35.5. The molecule has 0 heterocycles. The number of anilines is 1. The number of ether oxygens (including phenoxy) is 1. The maximum atomic E-state index is 12.0. The summed E-state index contributed by atoms with van der Waals surface area (Å²) in [6.07, 6.45) is 5.43. The highest BCUT2D eigenvalue weighted by Crippen LogP contribution is 2.25. The van der Waals surface area contributed by atoms with Crippen LogP contribution in [0.1, 0.15) is 26.2 Å². The molecule has 2 rings (SSSR count). The molecular formula is C16H17Cl2NO3. The molecule has 22 heavy (non-hydrogen) atoms. The number of carbonyl (C=O) groups excluding carboxylic acids is 2. The van der Waals surface area contributed by atoms with Crippen molar-refractivity contribution in [2.24, 2.45) is 5.92 Å². The van der Waals surface area contributed by atoms with Crippen LogP contribution >= 0.6 is 23.2 Å². The Kier molecular flexibility index (Phi) is 5.86. The van der Waals surface area contributed by atoms with Crippen molar-refractivity contribution in [3.63, 3.8) is 0 Å². The first kappa shape index (κ1) is 16.8. The van der Waals surface area contributed by atoms with E-state index in [1.54, 1.807) is 12.1 Å². The van der Waals surface area contributed by atoms with Crippen LogP contribution in [0.4, 0.5) is 5.69 Å². The fourth-order valence-electron chi connectivity index (χ4n) is 2.20. The maximum absolute atomic E-state index is 12.0. The van der Waals surface area contributed by atoms with E-state index >= 15 is 0 Å². The van der Waals surface area contributed by atoms with Gasteiger partial charge in [-0.25, -0.2) is 0 Å². The highest BCUT2D eigenvalue weighted by molar-refractivity contribution is 6.36. The van der Waals surface area contributed by atoms with Gasteiger partial charge in [0.05, 0.1) is 17.1 Å². The summed E-state index contributed by atoms with van der Waals surface area (Å²) in [5.41, 5.74) is 0.428. The molecule has 2 atom stereocenters. The Morgan fingerprint density at radius 1 is 1.41 bits per heavy atom. The molecule has 0 radical (unpaired) electrons. The number of hydrogen-bond acceptors (Lipinski definition) is 3. The summed E-state index contributed by atoms with van der Waals surface area (Å²) in [4.78, 5) is 23.8. The largest absolute Gasteiger partial charge is 0.453 e. The third kappa shape index (κ3) is 4.75. The zero-order valence-electron chi connectivity index (χ0n) is 12.1. The number of benzene rings is 1. The lowest BCUT2D eigenvalue weighted by molar-refractivity contribution is -0.153. The smallest absolute Gasteiger partial charge is 0.307 e. The summed E-state index contributed by atoms with van der Waals surface area (Å²) < 4.78 is 5.16. The van der Waals surface area contributed by atoms with E-state index in [0.29, 0.717) is 22.2 Å². The Bertz CT molecular complexity index is 601. The van der Waals surface area contributed by atoms with Gasteiger partial charge in [0.2, 0.25) is 0 Å². The van der Waals surface area contributed by atoms with Crippen LogP contribution in [0.2, 0.25) is 10.0 Å². The van der Waals surface area contributed by atoms with Crippen molar-refractivity contribution in [2.75, 3.05) is 5.32 Å². The number of esters is 1. The van der Waals surface area contributed by atoms with Crippen molar-refractivity contribution in [2.45, 2.75) is 32.3 Å². The first-order valence-electron chi connectivity index (χ1n) is 7.08. The third-order valence-corrected chi connectivity index (χ3v) is 3.96. The molecule has 118 valence electrons. The molecule has 0 aromatic heterocycles. The molecule has 6 heteroatoms. The molecule has 1 aromatic rings. The molecule has 1 N–H and O–H groups in total. The van der Waals surface area contributed by atoms with Crippen molar-refractivity contribution < 1.29 is 14.3 Å². The van der Waals surface area contributed by atoms with Crippen LogP contribution in [0.3, 0.4) is 0 Å². The van der Waals surface area contributed by atoms with Gasteiger partial charge in [-0.15, -0.1) is 0 Å². The summed E-state index contributed by atoms with van der Waals surface area (Å²) in [7, 11) is 0. The third-order valence-electron chi connectivity index (χ3n) is 3.41. The van der Waals surface area contributed by atoms with Gasteiger partial charge < -0.3 is 10.1 Å². The molecule has 0 saturated heterocycles. The Morgan fingerprint density at radius 3 is 2.82 bits per heavy atom. The van der Waals surface area contributed by atoms with Gasteiger partial charge in [0, 0.05) is 5.02 Å². The first-order valence-corrected chi connectivity index (χ1v) is 7.83. The predicted molar refractivity (Wildman–Crippen MR) is 87.1 cm³/mol. The maximum Gasteiger partial charge on any atom is 0.307 e. The standard InChI is InChI=1S/C16H17Cl2NO3/c1-10(22-15(20)8-11-4-2-3-5-11)16(21)19-14-7-6-12(17)9-13(14)18/h2,4,6-7,9-11H,3,5,8H2,1H3,(H,19,21)/t10-,11-/m1/s1. The number of halogens is 2. The van der Waals surface area contributed by atoms with E-state index in [4.69, 9.17) is 27.9 Å². The molecule has 0 saturated carbocycles. The Hall–Kier alpha value is -1.52. The number of nitrogens with one attached hydrogen (secondary N) is 1. The normalized spacial score (nSPS) is 18.0.